The van der Waals surface area contributed by atoms with E-state index in [9.17, 15) is 4.79 Å². The van der Waals surface area contributed by atoms with E-state index in [0.29, 0.717) is 35.8 Å². The van der Waals surface area contributed by atoms with Gasteiger partial charge < -0.3 is 14.8 Å². The maximum Gasteiger partial charge on any atom is 0.276 e. The Balaban J connectivity index is 1.77. The van der Waals surface area contributed by atoms with Crippen molar-refractivity contribution in [3.63, 3.8) is 0 Å². The van der Waals surface area contributed by atoms with Gasteiger partial charge in [-0.15, -0.1) is 0 Å². The highest BCUT2D eigenvalue weighted by Gasteiger charge is 2.30. The van der Waals surface area contributed by atoms with Crippen LogP contribution in [0, 0.1) is 5.92 Å². The van der Waals surface area contributed by atoms with Crippen LogP contribution in [0.5, 0.6) is 11.5 Å². The lowest BCUT2D eigenvalue weighted by atomic mass is 10.0. The zero-order valence-corrected chi connectivity index (χ0v) is 19.6. The van der Waals surface area contributed by atoms with Gasteiger partial charge in [0.15, 0.2) is 5.11 Å². The second-order valence-corrected chi connectivity index (χ2v) is 8.77. The number of nitrogens with one attached hydrogen (secondary N) is 1. The van der Waals surface area contributed by atoms with Crippen LogP contribution in [0.1, 0.15) is 50.3 Å². The van der Waals surface area contributed by atoms with Gasteiger partial charge in [-0.25, -0.2) is 0 Å². The van der Waals surface area contributed by atoms with Gasteiger partial charge in [-0.1, -0.05) is 45.9 Å². The minimum atomic E-state index is -0.0995. The van der Waals surface area contributed by atoms with E-state index in [0.717, 1.165) is 22.6 Å². The molecular weight excluding hydrogens is 408 g/mol. The Bertz CT molecular complexity index is 981. The number of nitrogens with zero attached hydrogens (tertiary/aromatic N) is 1. The van der Waals surface area contributed by atoms with Gasteiger partial charge in [-0.05, 0) is 65.5 Å². The lowest BCUT2D eigenvalue weighted by molar-refractivity contribution is -0.122. The van der Waals surface area contributed by atoms with Gasteiger partial charge in [-0.3, -0.25) is 9.69 Å². The van der Waals surface area contributed by atoms with E-state index in [1.807, 2.05) is 36.4 Å². The van der Waals surface area contributed by atoms with Crippen molar-refractivity contribution < 1.29 is 14.3 Å². The lowest BCUT2D eigenvalue weighted by Crippen LogP contribution is -2.33. The molecule has 0 radical (unpaired) electrons. The molecule has 0 aliphatic carbocycles. The van der Waals surface area contributed by atoms with Crippen molar-refractivity contribution in [3.8, 4) is 11.5 Å². The first-order valence-corrected chi connectivity index (χ1v) is 10.9. The lowest BCUT2D eigenvalue weighted by Gasteiger charge is -2.16. The van der Waals surface area contributed by atoms with E-state index < -0.39 is 0 Å². The largest absolute Gasteiger partial charge is 0.496 e. The summed E-state index contributed by atoms with van der Waals surface area (Å²) in [5.74, 6) is 2.26. The molecular formula is C25H30N2O3S. The average molecular weight is 439 g/mol. The van der Waals surface area contributed by atoms with Crippen LogP contribution in [-0.4, -0.2) is 29.6 Å². The molecule has 1 fully saturated rings. The molecule has 0 spiro atoms. The van der Waals surface area contributed by atoms with Crippen LogP contribution in [0.4, 0.5) is 0 Å². The Morgan fingerprint density at radius 3 is 2.42 bits per heavy atom. The second-order valence-electron chi connectivity index (χ2n) is 8.38. The van der Waals surface area contributed by atoms with Crippen molar-refractivity contribution in [1.29, 1.82) is 0 Å². The van der Waals surface area contributed by atoms with E-state index in [-0.39, 0.29) is 5.91 Å². The van der Waals surface area contributed by atoms with Crippen LogP contribution in [0.25, 0.3) is 6.08 Å². The summed E-state index contributed by atoms with van der Waals surface area (Å²) in [4.78, 5) is 14.3. The third-order valence-corrected chi connectivity index (χ3v) is 5.39. The molecule has 0 atom stereocenters. The van der Waals surface area contributed by atoms with Crippen LogP contribution in [0.3, 0.4) is 0 Å². The van der Waals surface area contributed by atoms with Gasteiger partial charge in [0, 0.05) is 12.1 Å². The van der Waals surface area contributed by atoms with Gasteiger partial charge >= 0.3 is 0 Å². The Hall–Kier alpha value is -2.86. The summed E-state index contributed by atoms with van der Waals surface area (Å²) in [6, 6.07) is 13.9. The maximum absolute atomic E-state index is 12.7. The third-order valence-electron chi connectivity index (χ3n) is 5.07. The SMILES string of the molecule is COc1ccc(/C=C2/NC(=S)N(CC(C)C)C2=O)cc1COc1ccc(C(C)C)cc1. The highest BCUT2D eigenvalue weighted by Crippen LogP contribution is 2.25. The Kier molecular flexibility index (Phi) is 7.33. The third kappa shape index (κ3) is 5.64. The molecule has 2 aromatic carbocycles. The number of rotatable bonds is 8. The first kappa shape index (κ1) is 22.8. The molecule has 6 heteroatoms. The number of thiocarbonyl (C=S) groups is 1. The minimum absolute atomic E-state index is 0.0995. The number of methoxy groups -OCH3 is 1. The van der Waals surface area contributed by atoms with E-state index in [2.05, 4.69) is 45.1 Å². The summed E-state index contributed by atoms with van der Waals surface area (Å²) in [7, 11) is 1.64. The summed E-state index contributed by atoms with van der Waals surface area (Å²) < 4.78 is 11.5. The van der Waals surface area contributed by atoms with Crippen molar-refractivity contribution in [3.05, 3.63) is 64.9 Å². The van der Waals surface area contributed by atoms with Crippen molar-refractivity contribution in [2.75, 3.05) is 13.7 Å². The van der Waals surface area contributed by atoms with Crippen LogP contribution >= 0.6 is 12.2 Å². The summed E-state index contributed by atoms with van der Waals surface area (Å²) in [5.41, 5.74) is 3.53. The van der Waals surface area contributed by atoms with Gasteiger partial charge in [0.2, 0.25) is 0 Å². The number of hydrogen-bond donors (Lipinski definition) is 1. The summed E-state index contributed by atoms with van der Waals surface area (Å²) in [5, 5.41) is 3.49. The van der Waals surface area contributed by atoms with Crippen molar-refractivity contribution in [1.82, 2.24) is 10.2 Å². The summed E-state index contributed by atoms with van der Waals surface area (Å²) in [6.45, 7) is 9.41. The Morgan fingerprint density at radius 2 is 1.81 bits per heavy atom. The smallest absolute Gasteiger partial charge is 0.276 e. The number of hydrogen-bond acceptors (Lipinski definition) is 4. The highest BCUT2D eigenvalue weighted by atomic mass is 32.1. The van der Waals surface area contributed by atoms with Crippen molar-refractivity contribution in [2.24, 2.45) is 5.92 Å². The van der Waals surface area contributed by atoms with Crippen molar-refractivity contribution >= 4 is 29.3 Å². The fourth-order valence-corrected chi connectivity index (χ4v) is 3.65. The summed E-state index contributed by atoms with van der Waals surface area (Å²) >= 11 is 5.33. The number of ether oxygens (including phenoxy) is 2. The molecule has 31 heavy (non-hydrogen) atoms. The number of amides is 1. The fourth-order valence-electron chi connectivity index (χ4n) is 3.38. The van der Waals surface area contributed by atoms with E-state index in [4.69, 9.17) is 21.7 Å². The van der Waals surface area contributed by atoms with Gasteiger partial charge in [0.1, 0.15) is 23.8 Å². The van der Waals surface area contributed by atoms with E-state index in [1.165, 1.54) is 5.56 Å². The topological polar surface area (TPSA) is 50.8 Å². The van der Waals surface area contributed by atoms with Gasteiger partial charge in [-0.2, -0.15) is 0 Å². The van der Waals surface area contributed by atoms with Gasteiger partial charge in [0.05, 0.1) is 7.11 Å². The van der Waals surface area contributed by atoms with Gasteiger partial charge in [0.25, 0.3) is 5.91 Å². The van der Waals surface area contributed by atoms with Crippen molar-refractivity contribution in [2.45, 2.75) is 40.2 Å². The molecule has 0 bridgehead atoms. The highest BCUT2D eigenvalue weighted by molar-refractivity contribution is 7.80. The zero-order valence-electron chi connectivity index (χ0n) is 18.8. The first-order valence-electron chi connectivity index (χ1n) is 10.5. The van der Waals surface area contributed by atoms with Crippen LogP contribution in [0.2, 0.25) is 0 Å². The zero-order chi connectivity index (χ0) is 22.5. The second kappa shape index (κ2) is 9.96. The number of carbonyl (C=O) groups excluding carboxylic acids is 1. The normalized spacial score (nSPS) is 15.2. The van der Waals surface area contributed by atoms with Crippen LogP contribution in [-0.2, 0) is 11.4 Å². The predicted molar refractivity (Wildman–Crippen MR) is 128 cm³/mol. The fraction of sp³-hybridized carbons (Fsp3) is 0.360. The predicted octanol–water partition coefficient (Wildman–Crippen LogP) is 5.11. The maximum atomic E-state index is 12.7. The number of benzene rings is 2. The monoisotopic (exact) mass is 438 g/mol. The molecule has 1 N–H and O–H groups in total. The average Bonchev–Trinajstić information content (AvgIpc) is 2.99. The molecule has 5 nitrogen and oxygen atoms in total. The molecule has 2 aromatic rings. The quantitative estimate of drug-likeness (QED) is 0.458. The standard InChI is InChI=1S/C25H30N2O3S/c1-16(2)14-27-24(28)22(26-25(27)31)13-18-6-11-23(29-5)20(12-18)15-30-21-9-7-19(8-10-21)17(3)4/h6-13,16-17H,14-15H2,1-5H3,(H,26,31)/b22-13+. The number of carbonyl (C=O) groups is 1. The van der Waals surface area contributed by atoms with E-state index >= 15 is 0 Å². The molecule has 0 saturated carbocycles. The molecule has 1 aliphatic heterocycles. The van der Waals surface area contributed by atoms with Crippen LogP contribution < -0.4 is 14.8 Å². The Labute approximate surface area is 190 Å². The first-order chi connectivity index (χ1) is 14.8. The molecule has 1 amide bonds. The molecule has 0 unspecified atom stereocenters. The summed E-state index contributed by atoms with van der Waals surface area (Å²) in [6.07, 6.45) is 1.81. The Morgan fingerprint density at radius 1 is 1.10 bits per heavy atom. The molecule has 0 aromatic heterocycles. The molecule has 1 heterocycles. The van der Waals surface area contributed by atoms with Crippen LogP contribution in [0.15, 0.2) is 48.2 Å². The van der Waals surface area contributed by atoms with E-state index in [1.54, 1.807) is 12.0 Å². The molecule has 1 aliphatic rings. The molecule has 164 valence electrons. The molecule has 1 saturated heterocycles. The minimum Gasteiger partial charge on any atom is -0.496 e. The molecule has 3 rings (SSSR count).